The third-order valence-electron chi connectivity index (χ3n) is 2.56. The molecule has 19 heavy (non-hydrogen) atoms. The van der Waals surface area contributed by atoms with Crippen molar-refractivity contribution in [3.63, 3.8) is 0 Å². The van der Waals surface area contributed by atoms with Crippen molar-refractivity contribution in [1.82, 2.24) is 4.90 Å². The van der Waals surface area contributed by atoms with Crippen LogP contribution in [0.4, 0.5) is 0 Å². The van der Waals surface area contributed by atoms with Crippen LogP contribution in [-0.4, -0.2) is 45.9 Å². The van der Waals surface area contributed by atoms with Gasteiger partial charge in [0.05, 0.1) is 5.57 Å². The van der Waals surface area contributed by atoms with E-state index in [2.05, 4.69) is 0 Å². The van der Waals surface area contributed by atoms with E-state index in [1.54, 1.807) is 0 Å². The van der Waals surface area contributed by atoms with Crippen molar-refractivity contribution in [3.8, 4) is 0 Å². The molecule has 2 rings (SSSR count). The van der Waals surface area contributed by atoms with Crippen molar-refractivity contribution in [2.45, 2.75) is 0 Å². The van der Waals surface area contributed by atoms with E-state index in [4.69, 9.17) is 5.11 Å². The Morgan fingerprint density at radius 2 is 1.74 bits per heavy atom. The second-order valence-corrected chi connectivity index (χ2v) is 3.84. The molecule has 7 heteroatoms. The van der Waals surface area contributed by atoms with Crippen LogP contribution in [0.1, 0.15) is 0 Å². The van der Waals surface area contributed by atoms with Gasteiger partial charge in [-0.1, -0.05) is 6.08 Å². The molecule has 2 amide bonds. The zero-order valence-corrected chi connectivity index (χ0v) is 9.45. The van der Waals surface area contributed by atoms with Crippen LogP contribution in [0.25, 0.3) is 0 Å². The number of nitrogens with zero attached hydrogens (tertiary/aromatic N) is 1. The molecule has 0 aromatic rings. The van der Waals surface area contributed by atoms with Crippen LogP contribution in [0, 0.1) is 0 Å². The number of carboxylic acid groups (broad SMARTS) is 1. The van der Waals surface area contributed by atoms with Crippen molar-refractivity contribution in [1.29, 1.82) is 0 Å². The Labute approximate surface area is 106 Å². The van der Waals surface area contributed by atoms with E-state index in [-0.39, 0.29) is 11.1 Å². The lowest BCUT2D eigenvalue weighted by Crippen LogP contribution is -2.36. The van der Waals surface area contributed by atoms with Crippen molar-refractivity contribution in [2.24, 2.45) is 0 Å². The van der Waals surface area contributed by atoms with Gasteiger partial charge >= 0.3 is 5.97 Å². The minimum absolute atomic E-state index is 0.0941. The Balaban J connectivity index is 2.29. The van der Waals surface area contributed by atoms with E-state index in [0.717, 1.165) is 18.2 Å². The topological polar surface area (TPSA) is 109 Å². The fourth-order valence-corrected chi connectivity index (χ4v) is 1.68. The van der Waals surface area contributed by atoms with Crippen LogP contribution in [0.5, 0.6) is 0 Å². The minimum Gasteiger partial charge on any atom is -0.480 e. The summed E-state index contributed by atoms with van der Waals surface area (Å²) in [6, 6.07) is 0. The highest BCUT2D eigenvalue weighted by molar-refractivity contribution is 6.47. The summed E-state index contributed by atoms with van der Waals surface area (Å²) in [6.45, 7) is -0.748. The van der Waals surface area contributed by atoms with E-state index in [0.29, 0.717) is 4.90 Å². The standard InChI is InChI=1S/C12H7NO6/c14-8-2-1-6(3-9(8)15)7-4-10(16)13(12(7)19)5-11(17)18/h1-4H,5H2,(H,17,18). The molecule has 1 aliphatic heterocycles. The smallest absolute Gasteiger partial charge is 0.323 e. The number of aliphatic carboxylic acids is 1. The van der Waals surface area contributed by atoms with Crippen LogP contribution in [0.15, 0.2) is 35.5 Å². The highest BCUT2D eigenvalue weighted by Crippen LogP contribution is 2.23. The van der Waals surface area contributed by atoms with Gasteiger partial charge in [0.15, 0.2) is 0 Å². The largest absolute Gasteiger partial charge is 0.480 e. The van der Waals surface area contributed by atoms with Crippen molar-refractivity contribution in [3.05, 3.63) is 35.5 Å². The first-order valence-electron chi connectivity index (χ1n) is 5.18. The first-order chi connectivity index (χ1) is 8.90. The van der Waals surface area contributed by atoms with Crippen molar-refractivity contribution >= 4 is 29.4 Å². The number of allylic oxidation sites excluding steroid dienone is 3. The average Bonchev–Trinajstić information content (AvgIpc) is 2.60. The fourth-order valence-electron chi connectivity index (χ4n) is 1.68. The first kappa shape index (κ1) is 12.6. The SMILES string of the molecule is O=C(O)CN1C(=O)C=C(C2=CC(=O)C(=O)C=C2)C1=O. The van der Waals surface area contributed by atoms with Gasteiger partial charge in [-0.2, -0.15) is 0 Å². The van der Waals surface area contributed by atoms with E-state index in [1.165, 1.54) is 6.08 Å². The lowest BCUT2D eigenvalue weighted by Gasteiger charge is -2.12. The molecule has 0 bridgehead atoms. The highest BCUT2D eigenvalue weighted by Gasteiger charge is 2.34. The molecule has 0 unspecified atom stereocenters. The monoisotopic (exact) mass is 261 g/mol. The molecule has 0 fully saturated rings. The number of amides is 2. The van der Waals surface area contributed by atoms with Gasteiger partial charge in [-0.05, 0) is 17.7 Å². The summed E-state index contributed by atoms with van der Waals surface area (Å²) in [7, 11) is 0. The maximum Gasteiger partial charge on any atom is 0.323 e. The first-order valence-corrected chi connectivity index (χ1v) is 5.18. The molecule has 96 valence electrons. The number of hydrogen-bond acceptors (Lipinski definition) is 5. The third kappa shape index (κ3) is 2.25. The number of carbonyl (C=O) groups is 5. The van der Waals surface area contributed by atoms with Gasteiger partial charge in [0.2, 0.25) is 11.6 Å². The molecule has 1 N–H and O–H groups in total. The van der Waals surface area contributed by atoms with Crippen LogP contribution >= 0.6 is 0 Å². The normalized spacial score (nSPS) is 18.8. The van der Waals surface area contributed by atoms with Crippen molar-refractivity contribution in [2.75, 3.05) is 6.54 Å². The molecule has 1 heterocycles. The van der Waals surface area contributed by atoms with E-state index in [1.807, 2.05) is 0 Å². The molecule has 0 saturated carbocycles. The Morgan fingerprint density at radius 1 is 1.05 bits per heavy atom. The average molecular weight is 261 g/mol. The summed E-state index contributed by atoms with van der Waals surface area (Å²) < 4.78 is 0. The van der Waals surface area contributed by atoms with E-state index >= 15 is 0 Å². The number of ketones is 2. The second kappa shape index (κ2) is 4.45. The molecule has 0 radical (unpaired) electrons. The number of carboxylic acids is 1. The molecular weight excluding hydrogens is 254 g/mol. The molecule has 0 spiro atoms. The molecule has 7 nitrogen and oxygen atoms in total. The zero-order chi connectivity index (χ0) is 14.2. The second-order valence-electron chi connectivity index (χ2n) is 3.84. The van der Waals surface area contributed by atoms with Gasteiger partial charge in [-0.15, -0.1) is 0 Å². The fraction of sp³-hybridized carbons (Fsp3) is 0.0833. The maximum absolute atomic E-state index is 11.8. The van der Waals surface area contributed by atoms with Gasteiger partial charge < -0.3 is 5.11 Å². The van der Waals surface area contributed by atoms with Gasteiger partial charge in [0, 0.05) is 6.08 Å². The van der Waals surface area contributed by atoms with E-state index in [9.17, 15) is 24.0 Å². The molecular formula is C12H7NO6. The molecule has 0 saturated heterocycles. The quantitative estimate of drug-likeness (QED) is 0.396. The Kier molecular flexibility index (Phi) is 2.95. The Morgan fingerprint density at radius 3 is 2.32 bits per heavy atom. The Bertz CT molecular complexity index is 622. The van der Waals surface area contributed by atoms with Gasteiger partial charge in [-0.25, -0.2) is 0 Å². The van der Waals surface area contributed by atoms with E-state index < -0.39 is 35.9 Å². The number of rotatable bonds is 3. The maximum atomic E-state index is 11.8. The lowest BCUT2D eigenvalue weighted by molar-refractivity contribution is -0.147. The van der Waals surface area contributed by atoms with Crippen LogP contribution in [-0.2, 0) is 24.0 Å². The summed E-state index contributed by atoms with van der Waals surface area (Å²) in [5.41, 5.74) is 0.0270. The van der Waals surface area contributed by atoms with Gasteiger partial charge in [0.1, 0.15) is 6.54 Å². The summed E-state index contributed by atoms with van der Waals surface area (Å²) in [5, 5.41) is 8.59. The highest BCUT2D eigenvalue weighted by atomic mass is 16.4. The summed E-state index contributed by atoms with van der Waals surface area (Å²) >= 11 is 0. The molecule has 1 aliphatic carbocycles. The molecule has 0 atom stereocenters. The molecule has 0 aromatic carbocycles. The van der Waals surface area contributed by atoms with Crippen LogP contribution < -0.4 is 0 Å². The molecule has 0 aromatic heterocycles. The number of hydrogen-bond donors (Lipinski definition) is 1. The molecule has 2 aliphatic rings. The summed E-state index contributed by atoms with van der Waals surface area (Å²) in [6.07, 6.45) is 4.13. The summed E-state index contributed by atoms with van der Waals surface area (Å²) in [4.78, 5) is 56.6. The Hall–Kier alpha value is -2.83. The predicted octanol–water partition coefficient (Wildman–Crippen LogP) is -0.999. The van der Waals surface area contributed by atoms with Gasteiger partial charge in [-0.3, -0.25) is 28.9 Å². The number of imide groups is 1. The third-order valence-corrected chi connectivity index (χ3v) is 2.56. The predicted molar refractivity (Wildman–Crippen MR) is 59.7 cm³/mol. The lowest BCUT2D eigenvalue weighted by atomic mass is 9.98. The summed E-state index contributed by atoms with van der Waals surface area (Å²) in [5.74, 6) is -4.40. The van der Waals surface area contributed by atoms with Crippen LogP contribution in [0.2, 0.25) is 0 Å². The van der Waals surface area contributed by atoms with Crippen molar-refractivity contribution < 1.29 is 29.1 Å². The van der Waals surface area contributed by atoms with Crippen LogP contribution in [0.3, 0.4) is 0 Å². The van der Waals surface area contributed by atoms with Gasteiger partial charge in [0.25, 0.3) is 11.8 Å². The number of carbonyl (C=O) groups excluding carboxylic acids is 4. The minimum atomic E-state index is -1.32. The zero-order valence-electron chi connectivity index (χ0n) is 9.45.